The van der Waals surface area contributed by atoms with Crippen LogP contribution in [0.2, 0.25) is 0 Å². The van der Waals surface area contributed by atoms with E-state index in [9.17, 15) is 13.2 Å². The topological polar surface area (TPSA) is 66.5 Å². The van der Waals surface area contributed by atoms with Gasteiger partial charge in [-0.25, -0.2) is 8.42 Å². The minimum atomic E-state index is -3.46. The van der Waals surface area contributed by atoms with Crippen LogP contribution in [0.15, 0.2) is 54.6 Å². The molecule has 0 bridgehead atoms. The maximum absolute atomic E-state index is 12.3. The van der Waals surface area contributed by atoms with E-state index in [1.165, 1.54) is 22.5 Å². The lowest BCUT2D eigenvalue weighted by molar-refractivity contribution is -0.121. The quantitative estimate of drug-likeness (QED) is 0.734. The fourth-order valence-corrected chi connectivity index (χ4v) is 3.75. The number of hydrogen-bond acceptors (Lipinski definition) is 3. The first kappa shape index (κ1) is 20.0. The Hall–Kier alpha value is -2.34. The molecule has 140 valence electrons. The predicted molar refractivity (Wildman–Crippen MR) is 106 cm³/mol. The van der Waals surface area contributed by atoms with Crippen LogP contribution >= 0.6 is 0 Å². The number of benzene rings is 2. The summed E-state index contributed by atoms with van der Waals surface area (Å²) in [6.45, 7) is 2.17. The Morgan fingerprint density at radius 3 is 2.38 bits per heavy atom. The van der Waals surface area contributed by atoms with Crippen LogP contribution in [0.3, 0.4) is 0 Å². The fraction of sp³-hybridized carbons (Fsp3) is 0.350. The van der Waals surface area contributed by atoms with Gasteiger partial charge >= 0.3 is 0 Å². The Balaban J connectivity index is 1.73. The smallest absolute Gasteiger partial charge is 0.236 e. The van der Waals surface area contributed by atoms with Gasteiger partial charge in [-0.1, -0.05) is 42.5 Å². The fourth-order valence-electron chi connectivity index (χ4n) is 2.67. The van der Waals surface area contributed by atoms with Crippen molar-refractivity contribution >= 4 is 21.6 Å². The Morgan fingerprint density at radius 2 is 1.69 bits per heavy atom. The standard InChI is InChI=1S/C20H26N2O3S/c1-17-9-6-7-10-18(17)11-8-14-20(23)21-15-16-26(24,25)22(2)19-12-4-3-5-13-19/h3-7,9-10,12-13H,8,11,14-16H2,1-2H3,(H,21,23). The normalized spacial score (nSPS) is 11.2. The van der Waals surface area contributed by atoms with E-state index in [1.807, 2.05) is 18.2 Å². The first-order valence-corrected chi connectivity index (χ1v) is 10.3. The number of hydrogen-bond donors (Lipinski definition) is 1. The molecule has 0 spiro atoms. The van der Waals surface area contributed by atoms with Crippen molar-refractivity contribution in [3.63, 3.8) is 0 Å². The Labute approximate surface area is 156 Å². The lowest BCUT2D eigenvalue weighted by atomic mass is 10.0. The Morgan fingerprint density at radius 1 is 1.04 bits per heavy atom. The number of rotatable bonds is 9. The summed E-state index contributed by atoms with van der Waals surface area (Å²) in [5.41, 5.74) is 3.08. The summed E-state index contributed by atoms with van der Waals surface area (Å²) in [7, 11) is -1.94. The molecule has 2 aromatic carbocycles. The zero-order valence-corrected chi connectivity index (χ0v) is 16.1. The van der Waals surface area contributed by atoms with E-state index < -0.39 is 10.0 Å². The molecule has 0 unspecified atom stereocenters. The van der Waals surface area contributed by atoms with Crippen molar-refractivity contribution < 1.29 is 13.2 Å². The molecule has 0 aliphatic heterocycles. The summed E-state index contributed by atoms with van der Waals surface area (Å²) < 4.78 is 25.9. The molecule has 0 fully saturated rings. The Bertz CT molecular complexity index is 820. The summed E-state index contributed by atoms with van der Waals surface area (Å²) in [6.07, 6.45) is 1.98. The molecule has 1 N–H and O–H groups in total. The highest BCUT2D eigenvalue weighted by Crippen LogP contribution is 2.15. The summed E-state index contributed by atoms with van der Waals surface area (Å²) in [5, 5.41) is 2.70. The first-order chi connectivity index (χ1) is 12.4. The van der Waals surface area contributed by atoms with Crippen LogP contribution in [0.25, 0.3) is 0 Å². The maximum atomic E-state index is 12.3. The minimum absolute atomic E-state index is 0.114. The van der Waals surface area contributed by atoms with E-state index in [2.05, 4.69) is 24.4 Å². The first-order valence-electron chi connectivity index (χ1n) is 8.73. The van der Waals surface area contributed by atoms with Crippen molar-refractivity contribution in [2.24, 2.45) is 0 Å². The second-order valence-electron chi connectivity index (χ2n) is 6.25. The van der Waals surface area contributed by atoms with E-state index in [1.54, 1.807) is 24.3 Å². The van der Waals surface area contributed by atoms with Gasteiger partial charge in [0.25, 0.3) is 0 Å². The van der Waals surface area contributed by atoms with Crippen LogP contribution in [-0.2, 0) is 21.2 Å². The molecule has 2 rings (SSSR count). The number of para-hydroxylation sites is 1. The van der Waals surface area contributed by atoms with Crippen molar-refractivity contribution in [1.29, 1.82) is 0 Å². The number of sulfonamides is 1. The Kier molecular flexibility index (Phi) is 7.21. The van der Waals surface area contributed by atoms with Crippen LogP contribution < -0.4 is 9.62 Å². The van der Waals surface area contributed by atoms with Gasteiger partial charge in [-0.15, -0.1) is 0 Å². The molecule has 2 aromatic rings. The average Bonchev–Trinajstić information content (AvgIpc) is 2.63. The van der Waals surface area contributed by atoms with E-state index in [0.29, 0.717) is 12.1 Å². The molecule has 0 aromatic heterocycles. The number of nitrogens with one attached hydrogen (secondary N) is 1. The summed E-state index contributed by atoms with van der Waals surface area (Å²) in [4.78, 5) is 11.9. The summed E-state index contributed by atoms with van der Waals surface area (Å²) in [5.74, 6) is -0.238. The molecular weight excluding hydrogens is 348 g/mol. The van der Waals surface area contributed by atoms with Gasteiger partial charge in [0.15, 0.2) is 0 Å². The molecular formula is C20H26N2O3S. The molecule has 0 atom stereocenters. The largest absolute Gasteiger partial charge is 0.355 e. The summed E-state index contributed by atoms with van der Waals surface area (Å²) in [6, 6.07) is 17.0. The van der Waals surface area contributed by atoms with E-state index >= 15 is 0 Å². The zero-order valence-electron chi connectivity index (χ0n) is 15.3. The van der Waals surface area contributed by atoms with Crippen molar-refractivity contribution in [3.05, 3.63) is 65.7 Å². The molecule has 0 saturated carbocycles. The number of nitrogens with zero attached hydrogens (tertiary/aromatic N) is 1. The maximum Gasteiger partial charge on any atom is 0.236 e. The average molecular weight is 375 g/mol. The van der Waals surface area contributed by atoms with Crippen molar-refractivity contribution in [1.82, 2.24) is 5.32 Å². The third-order valence-corrected chi connectivity index (χ3v) is 6.10. The zero-order chi connectivity index (χ0) is 19.0. The van der Waals surface area contributed by atoms with Crippen LogP contribution in [-0.4, -0.2) is 33.7 Å². The number of anilines is 1. The van der Waals surface area contributed by atoms with Gasteiger partial charge in [0.05, 0.1) is 11.4 Å². The van der Waals surface area contributed by atoms with Crippen LogP contribution in [0.1, 0.15) is 24.0 Å². The second-order valence-corrected chi connectivity index (χ2v) is 8.37. The number of carbonyl (C=O) groups excluding carboxylic acids is 1. The van der Waals surface area contributed by atoms with Crippen molar-refractivity contribution in [2.75, 3.05) is 23.7 Å². The molecule has 5 nitrogen and oxygen atoms in total. The highest BCUT2D eigenvalue weighted by atomic mass is 32.2. The number of carbonyl (C=O) groups is 1. The number of aryl methyl sites for hydroxylation is 2. The van der Waals surface area contributed by atoms with E-state index in [0.717, 1.165) is 12.8 Å². The van der Waals surface area contributed by atoms with Gasteiger partial charge in [-0.05, 0) is 43.0 Å². The van der Waals surface area contributed by atoms with Gasteiger partial charge in [-0.3, -0.25) is 9.10 Å². The van der Waals surface area contributed by atoms with Crippen molar-refractivity contribution in [3.8, 4) is 0 Å². The molecule has 0 aliphatic carbocycles. The van der Waals surface area contributed by atoms with Crippen LogP contribution in [0.4, 0.5) is 5.69 Å². The third kappa shape index (κ3) is 5.88. The molecule has 0 saturated heterocycles. The molecule has 6 heteroatoms. The van der Waals surface area contributed by atoms with Crippen molar-refractivity contribution in [2.45, 2.75) is 26.2 Å². The molecule has 0 heterocycles. The molecule has 1 amide bonds. The predicted octanol–water partition coefficient (Wildman–Crippen LogP) is 2.90. The van der Waals surface area contributed by atoms with Gasteiger partial charge in [-0.2, -0.15) is 0 Å². The van der Waals surface area contributed by atoms with E-state index in [4.69, 9.17) is 0 Å². The number of amides is 1. The van der Waals surface area contributed by atoms with Gasteiger partial charge in [0, 0.05) is 20.0 Å². The highest BCUT2D eigenvalue weighted by molar-refractivity contribution is 7.92. The van der Waals surface area contributed by atoms with Crippen LogP contribution in [0, 0.1) is 6.92 Å². The minimum Gasteiger partial charge on any atom is -0.355 e. The van der Waals surface area contributed by atoms with Gasteiger partial charge < -0.3 is 5.32 Å². The highest BCUT2D eigenvalue weighted by Gasteiger charge is 2.18. The molecule has 0 radical (unpaired) electrons. The lowest BCUT2D eigenvalue weighted by Gasteiger charge is -2.19. The second kappa shape index (κ2) is 9.38. The lowest BCUT2D eigenvalue weighted by Crippen LogP contribution is -2.35. The third-order valence-electron chi connectivity index (χ3n) is 4.33. The van der Waals surface area contributed by atoms with Gasteiger partial charge in [0.1, 0.15) is 0 Å². The molecule has 26 heavy (non-hydrogen) atoms. The van der Waals surface area contributed by atoms with Crippen LogP contribution in [0.5, 0.6) is 0 Å². The molecule has 0 aliphatic rings. The SMILES string of the molecule is Cc1ccccc1CCCC(=O)NCCS(=O)(=O)N(C)c1ccccc1. The monoisotopic (exact) mass is 374 g/mol. The summed E-state index contributed by atoms with van der Waals surface area (Å²) >= 11 is 0. The van der Waals surface area contributed by atoms with E-state index in [-0.39, 0.29) is 18.2 Å². The van der Waals surface area contributed by atoms with Gasteiger partial charge in [0.2, 0.25) is 15.9 Å².